The van der Waals surface area contributed by atoms with Crippen molar-refractivity contribution in [3.63, 3.8) is 0 Å². The van der Waals surface area contributed by atoms with Gasteiger partial charge in [-0.05, 0) is 37.8 Å². The minimum absolute atomic E-state index is 0.308. The quantitative estimate of drug-likeness (QED) is 0.784. The number of allylic oxidation sites excluding steroid dienone is 2. The number of rotatable bonds is 2. The van der Waals surface area contributed by atoms with Crippen molar-refractivity contribution >= 4 is 10.0 Å². The van der Waals surface area contributed by atoms with Crippen molar-refractivity contribution in [2.24, 2.45) is 17.8 Å². The number of nitrogens with zero attached hydrogens (tertiary/aromatic N) is 1. The van der Waals surface area contributed by atoms with Gasteiger partial charge in [0.25, 0.3) is 0 Å². The molecule has 1 aromatic carbocycles. The molecule has 4 heteroatoms. The summed E-state index contributed by atoms with van der Waals surface area (Å²) in [6, 6.07) is 7.13. The van der Waals surface area contributed by atoms with Crippen LogP contribution in [0.25, 0.3) is 0 Å². The van der Waals surface area contributed by atoms with Crippen molar-refractivity contribution in [2.45, 2.75) is 25.7 Å². The lowest BCUT2D eigenvalue weighted by atomic mass is 9.77. The highest BCUT2D eigenvalue weighted by molar-refractivity contribution is 7.89. The third kappa shape index (κ3) is 2.55. The van der Waals surface area contributed by atoms with Gasteiger partial charge in [0.2, 0.25) is 10.0 Å². The molecule has 118 valence electrons. The second-order valence-electron chi connectivity index (χ2n) is 6.37. The topological polar surface area (TPSA) is 37.4 Å². The number of fused-ring (bicyclic) bond motifs is 1. The summed E-state index contributed by atoms with van der Waals surface area (Å²) >= 11 is 0. The fraction of sp³-hybridized carbons (Fsp3) is 0.444. The van der Waals surface area contributed by atoms with E-state index >= 15 is 0 Å². The molecule has 0 N–H and O–H groups in total. The van der Waals surface area contributed by atoms with E-state index in [4.69, 9.17) is 0 Å². The average molecular weight is 317 g/mol. The van der Waals surface area contributed by atoms with E-state index in [1.54, 1.807) is 16.4 Å². The maximum atomic E-state index is 12.8. The summed E-state index contributed by atoms with van der Waals surface area (Å²) < 4.78 is 27.3. The third-order valence-electron chi connectivity index (χ3n) is 4.92. The Morgan fingerprint density at radius 2 is 1.82 bits per heavy atom. The fourth-order valence-electron chi connectivity index (χ4n) is 3.63. The average Bonchev–Trinajstić information content (AvgIpc) is 2.92. The molecule has 3 nitrogen and oxygen atoms in total. The maximum absolute atomic E-state index is 12.8. The second kappa shape index (κ2) is 5.67. The molecule has 0 radical (unpaired) electrons. The predicted octanol–water partition coefficient (Wildman–Crippen LogP) is 3.38. The number of hydrogen-bond donors (Lipinski definition) is 0. The monoisotopic (exact) mass is 317 g/mol. The van der Waals surface area contributed by atoms with Crippen molar-refractivity contribution in [3.8, 4) is 0 Å². The smallest absolute Gasteiger partial charge is 0.207 e. The maximum Gasteiger partial charge on any atom is 0.243 e. The van der Waals surface area contributed by atoms with E-state index in [1.807, 2.05) is 19.1 Å². The Balaban J connectivity index is 1.89. The first-order valence-corrected chi connectivity index (χ1v) is 9.28. The van der Waals surface area contributed by atoms with Crippen LogP contribution in [0.1, 0.15) is 19.4 Å². The normalized spacial score (nSPS) is 30.7. The Bertz CT molecular complexity index is 716. The molecule has 1 aromatic rings. The molecule has 0 unspecified atom stereocenters. The molecule has 3 atom stereocenters. The lowest BCUT2D eigenvalue weighted by Gasteiger charge is -2.27. The summed E-state index contributed by atoms with van der Waals surface area (Å²) in [6.45, 7) is 7.38. The van der Waals surface area contributed by atoms with Gasteiger partial charge in [0.15, 0.2) is 0 Å². The molecule has 1 heterocycles. The third-order valence-corrected chi connectivity index (χ3v) is 6.77. The molecule has 0 spiro atoms. The minimum Gasteiger partial charge on any atom is -0.207 e. The largest absolute Gasteiger partial charge is 0.243 e. The van der Waals surface area contributed by atoms with Crippen LogP contribution >= 0.6 is 0 Å². The summed E-state index contributed by atoms with van der Waals surface area (Å²) in [5, 5.41) is 0. The Morgan fingerprint density at radius 1 is 1.14 bits per heavy atom. The Kier molecular flexibility index (Phi) is 4.00. The first-order chi connectivity index (χ1) is 10.4. The molecule has 1 fully saturated rings. The summed E-state index contributed by atoms with van der Waals surface area (Å²) in [4.78, 5) is 0.399. The zero-order valence-electron chi connectivity index (χ0n) is 13.4. The van der Waals surface area contributed by atoms with Crippen LogP contribution in [0.4, 0.5) is 0 Å². The van der Waals surface area contributed by atoms with Crippen molar-refractivity contribution in [1.82, 2.24) is 4.31 Å². The van der Waals surface area contributed by atoms with Gasteiger partial charge in [0.1, 0.15) is 0 Å². The van der Waals surface area contributed by atoms with Crippen LogP contribution in [0.2, 0.25) is 0 Å². The van der Waals surface area contributed by atoms with Gasteiger partial charge >= 0.3 is 0 Å². The summed E-state index contributed by atoms with van der Waals surface area (Å²) in [5.41, 5.74) is 2.44. The molecule has 0 aromatic heterocycles. The van der Waals surface area contributed by atoms with Gasteiger partial charge < -0.3 is 0 Å². The van der Waals surface area contributed by atoms with Gasteiger partial charge in [-0.3, -0.25) is 0 Å². The fourth-order valence-corrected chi connectivity index (χ4v) is 5.13. The van der Waals surface area contributed by atoms with Crippen LogP contribution in [0.15, 0.2) is 53.0 Å². The van der Waals surface area contributed by atoms with Gasteiger partial charge in [-0.1, -0.05) is 48.4 Å². The molecule has 22 heavy (non-hydrogen) atoms. The molecule has 0 bridgehead atoms. The minimum atomic E-state index is -3.39. The summed E-state index contributed by atoms with van der Waals surface area (Å²) in [6.07, 6.45) is 6.57. The zero-order chi connectivity index (χ0) is 15.9. The number of aryl methyl sites for hydroxylation is 1. The highest BCUT2D eigenvalue weighted by Crippen LogP contribution is 2.40. The standard InChI is InChI=1S/C18H23NO2S/c1-4-17-14(3)7-8-15-11-19(12-18(15)17)22(20,21)16-9-5-13(2)6-10-16/h4-10,14-15,18H,11-12H2,1-3H3/b17-4-/t14-,15+,18-/m1/s1. The summed E-state index contributed by atoms with van der Waals surface area (Å²) in [7, 11) is -3.39. The second-order valence-corrected chi connectivity index (χ2v) is 8.31. The molecule has 1 aliphatic carbocycles. The number of sulfonamides is 1. The predicted molar refractivity (Wildman–Crippen MR) is 89.0 cm³/mol. The van der Waals surface area contributed by atoms with Crippen LogP contribution in [0.3, 0.4) is 0 Å². The Hall–Kier alpha value is -1.39. The van der Waals surface area contributed by atoms with Gasteiger partial charge in [-0.15, -0.1) is 0 Å². The molecule has 1 aliphatic heterocycles. The molecule has 0 saturated carbocycles. The Morgan fingerprint density at radius 3 is 2.45 bits per heavy atom. The van der Waals surface area contributed by atoms with E-state index < -0.39 is 10.0 Å². The van der Waals surface area contributed by atoms with Crippen molar-refractivity contribution in [3.05, 3.63) is 53.6 Å². The van der Waals surface area contributed by atoms with Crippen LogP contribution < -0.4 is 0 Å². The van der Waals surface area contributed by atoms with E-state index in [1.165, 1.54) is 5.57 Å². The van der Waals surface area contributed by atoms with Gasteiger partial charge in [0.05, 0.1) is 4.90 Å². The highest BCUT2D eigenvalue weighted by atomic mass is 32.2. The van der Waals surface area contributed by atoms with Crippen molar-refractivity contribution < 1.29 is 8.42 Å². The van der Waals surface area contributed by atoms with Gasteiger partial charge in [-0.2, -0.15) is 4.31 Å². The molecule has 2 aliphatic rings. The van der Waals surface area contributed by atoms with E-state index in [9.17, 15) is 8.42 Å². The molecular weight excluding hydrogens is 294 g/mol. The van der Waals surface area contributed by atoms with Crippen LogP contribution in [-0.2, 0) is 10.0 Å². The lowest BCUT2D eigenvalue weighted by molar-refractivity contribution is 0.463. The van der Waals surface area contributed by atoms with E-state index in [-0.39, 0.29) is 0 Å². The van der Waals surface area contributed by atoms with Crippen LogP contribution in [0, 0.1) is 24.7 Å². The first kappa shape index (κ1) is 15.5. The highest BCUT2D eigenvalue weighted by Gasteiger charge is 2.41. The van der Waals surface area contributed by atoms with E-state index in [2.05, 4.69) is 32.1 Å². The van der Waals surface area contributed by atoms with E-state index in [0.717, 1.165) is 5.56 Å². The first-order valence-electron chi connectivity index (χ1n) is 7.84. The zero-order valence-corrected chi connectivity index (χ0v) is 14.2. The van der Waals surface area contributed by atoms with Gasteiger partial charge in [0, 0.05) is 19.0 Å². The summed E-state index contributed by atoms with van der Waals surface area (Å²) in [5.74, 6) is 1.04. The molecule has 1 saturated heterocycles. The molecule has 3 rings (SSSR count). The SMILES string of the molecule is C/C=C1/[C@H](C)C=C[C@H]2CN(S(=O)(=O)c3ccc(C)cc3)C[C@@H]12. The van der Waals surface area contributed by atoms with Crippen LogP contribution in [-0.4, -0.2) is 25.8 Å². The Labute approximate surface area is 133 Å². The molecule has 0 amide bonds. The lowest BCUT2D eigenvalue weighted by Crippen LogP contribution is -2.29. The van der Waals surface area contributed by atoms with Gasteiger partial charge in [-0.25, -0.2) is 8.42 Å². The number of benzene rings is 1. The van der Waals surface area contributed by atoms with Crippen molar-refractivity contribution in [2.75, 3.05) is 13.1 Å². The molecular formula is C18H23NO2S. The van der Waals surface area contributed by atoms with E-state index in [0.29, 0.717) is 35.7 Å². The number of hydrogen-bond acceptors (Lipinski definition) is 2. The van der Waals surface area contributed by atoms with Crippen molar-refractivity contribution in [1.29, 1.82) is 0 Å². The van der Waals surface area contributed by atoms with Crippen LogP contribution in [0.5, 0.6) is 0 Å².